The summed E-state index contributed by atoms with van der Waals surface area (Å²) in [5.41, 5.74) is 0. The normalized spacial score (nSPS) is 5.44. The third kappa shape index (κ3) is 51.2. The molecule has 0 saturated heterocycles. The van der Waals surface area contributed by atoms with Crippen molar-refractivity contribution in [2.45, 2.75) is 13.8 Å². The number of rotatable bonds is 1. The number of nitrogens with zero attached hydrogens (tertiary/aromatic N) is 1. The molecule has 0 radical (unpaired) electrons. The van der Waals surface area contributed by atoms with E-state index in [9.17, 15) is 4.79 Å². The van der Waals surface area contributed by atoms with Gasteiger partial charge in [-0.3, -0.25) is 4.79 Å². The summed E-state index contributed by atoms with van der Waals surface area (Å²) in [7, 11) is 0. The standard InChI is InChI=1S/C4H6O2.C2H3N/c1-3-6-4(2)5;1-2-3/h3H,1H2,2H3;1H3. The van der Waals surface area contributed by atoms with E-state index >= 15 is 0 Å². The van der Waals surface area contributed by atoms with Crippen molar-refractivity contribution in [3.8, 4) is 6.07 Å². The van der Waals surface area contributed by atoms with Crippen molar-refractivity contribution in [3.63, 3.8) is 0 Å². The highest BCUT2D eigenvalue weighted by atomic mass is 16.5. The Labute approximate surface area is 54.5 Å². The van der Waals surface area contributed by atoms with Crippen LogP contribution in [0.3, 0.4) is 0 Å². The van der Waals surface area contributed by atoms with Gasteiger partial charge in [0, 0.05) is 13.8 Å². The Bertz CT molecular complexity index is 124. The topological polar surface area (TPSA) is 50.1 Å². The minimum absolute atomic E-state index is 0.329. The molecule has 3 heteroatoms. The van der Waals surface area contributed by atoms with E-state index in [1.807, 2.05) is 0 Å². The van der Waals surface area contributed by atoms with Crippen LogP contribution in [0.1, 0.15) is 13.8 Å². The zero-order chi connectivity index (χ0) is 7.70. The average Bonchev–Trinajstić information content (AvgIpc) is 1.67. The first-order valence-electron chi connectivity index (χ1n) is 2.28. The third-order valence-electron chi connectivity index (χ3n) is 0.249. The van der Waals surface area contributed by atoms with Crippen molar-refractivity contribution in [1.29, 1.82) is 5.26 Å². The highest BCUT2D eigenvalue weighted by Crippen LogP contribution is 1.70. The molecule has 3 nitrogen and oxygen atoms in total. The molecule has 0 aliphatic heterocycles. The van der Waals surface area contributed by atoms with Gasteiger partial charge in [0.25, 0.3) is 0 Å². The predicted octanol–water partition coefficient (Wildman–Crippen LogP) is 1.22. The zero-order valence-electron chi connectivity index (χ0n) is 5.55. The van der Waals surface area contributed by atoms with Gasteiger partial charge in [0.1, 0.15) is 0 Å². The number of ether oxygens (including phenoxy) is 1. The van der Waals surface area contributed by atoms with Gasteiger partial charge >= 0.3 is 5.97 Å². The number of esters is 1. The van der Waals surface area contributed by atoms with Gasteiger partial charge in [-0.1, -0.05) is 6.58 Å². The van der Waals surface area contributed by atoms with Crippen LogP contribution in [0.4, 0.5) is 0 Å². The molecule has 0 spiro atoms. The summed E-state index contributed by atoms with van der Waals surface area (Å²) in [6.45, 7) is 5.91. The molecule has 0 aliphatic rings. The second kappa shape index (κ2) is 9.85. The minimum atomic E-state index is -0.329. The van der Waals surface area contributed by atoms with Gasteiger partial charge in [-0.05, 0) is 0 Å². The average molecular weight is 127 g/mol. The monoisotopic (exact) mass is 127 g/mol. The number of nitriles is 1. The maximum Gasteiger partial charge on any atom is 0.307 e. The summed E-state index contributed by atoms with van der Waals surface area (Å²) in [4.78, 5) is 9.75. The van der Waals surface area contributed by atoms with Crippen molar-refractivity contribution in [3.05, 3.63) is 12.8 Å². The summed E-state index contributed by atoms with van der Waals surface area (Å²) in [5.74, 6) is -0.329. The van der Waals surface area contributed by atoms with Crippen molar-refractivity contribution in [1.82, 2.24) is 0 Å². The minimum Gasteiger partial charge on any atom is -0.435 e. The Balaban J connectivity index is 0. The lowest BCUT2D eigenvalue weighted by Crippen LogP contribution is -1.87. The quantitative estimate of drug-likeness (QED) is 0.393. The molecule has 0 fully saturated rings. The Morgan fingerprint density at radius 3 is 2.22 bits per heavy atom. The summed E-state index contributed by atoms with van der Waals surface area (Å²) in [6, 6.07) is 1.75. The highest BCUT2D eigenvalue weighted by molar-refractivity contribution is 5.66. The fourth-order valence-electron chi connectivity index (χ4n) is 0.117. The maximum absolute atomic E-state index is 9.75. The Morgan fingerprint density at radius 1 is 1.89 bits per heavy atom. The number of hydrogen-bond donors (Lipinski definition) is 0. The SMILES string of the molecule is C=COC(C)=O.CC#N. The van der Waals surface area contributed by atoms with Crippen LogP contribution in [0.25, 0.3) is 0 Å². The van der Waals surface area contributed by atoms with Crippen LogP contribution < -0.4 is 0 Å². The molecule has 0 unspecified atom stereocenters. The van der Waals surface area contributed by atoms with Crippen molar-refractivity contribution in [2.75, 3.05) is 0 Å². The molecular weight excluding hydrogens is 118 g/mol. The Kier molecular flexibility index (Phi) is 11.6. The van der Waals surface area contributed by atoms with Gasteiger partial charge in [0.05, 0.1) is 12.3 Å². The van der Waals surface area contributed by atoms with E-state index < -0.39 is 0 Å². The predicted molar refractivity (Wildman–Crippen MR) is 33.2 cm³/mol. The fourth-order valence-corrected chi connectivity index (χ4v) is 0.117. The Hall–Kier alpha value is -1.30. The molecule has 0 aromatic rings. The van der Waals surface area contributed by atoms with Crippen LogP contribution in [-0.4, -0.2) is 5.97 Å². The second-order valence-corrected chi connectivity index (χ2v) is 1.000. The van der Waals surface area contributed by atoms with Crippen molar-refractivity contribution in [2.24, 2.45) is 0 Å². The van der Waals surface area contributed by atoms with E-state index in [1.54, 1.807) is 6.07 Å². The lowest BCUT2D eigenvalue weighted by molar-refractivity contribution is -0.135. The summed E-state index contributed by atoms with van der Waals surface area (Å²) < 4.78 is 4.17. The first-order valence-corrected chi connectivity index (χ1v) is 2.28. The van der Waals surface area contributed by atoms with Crippen LogP contribution >= 0.6 is 0 Å². The molecule has 0 bridgehead atoms. The van der Waals surface area contributed by atoms with E-state index in [0.29, 0.717) is 0 Å². The molecule has 9 heavy (non-hydrogen) atoms. The molecule has 0 aromatic heterocycles. The molecular formula is C6H9NO2. The number of carbonyl (C=O) groups is 1. The van der Waals surface area contributed by atoms with Crippen LogP contribution in [0.15, 0.2) is 12.8 Å². The van der Waals surface area contributed by atoms with Gasteiger partial charge in [0.2, 0.25) is 0 Å². The van der Waals surface area contributed by atoms with Crippen LogP contribution in [0, 0.1) is 11.3 Å². The van der Waals surface area contributed by atoms with Crippen molar-refractivity contribution < 1.29 is 9.53 Å². The van der Waals surface area contributed by atoms with E-state index in [2.05, 4.69) is 11.3 Å². The summed E-state index contributed by atoms with van der Waals surface area (Å²) >= 11 is 0. The van der Waals surface area contributed by atoms with Crippen LogP contribution in [0.5, 0.6) is 0 Å². The first-order chi connectivity index (χ1) is 4.18. The van der Waals surface area contributed by atoms with Gasteiger partial charge < -0.3 is 4.74 Å². The molecule has 0 N–H and O–H groups in total. The lowest BCUT2D eigenvalue weighted by atomic mass is 10.8. The number of hydrogen-bond acceptors (Lipinski definition) is 3. The molecule has 0 rings (SSSR count). The van der Waals surface area contributed by atoms with Gasteiger partial charge in [-0.2, -0.15) is 5.26 Å². The summed E-state index contributed by atoms with van der Waals surface area (Å²) in [6.07, 6.45) is 1.10. The molecule has 0 aromatic carbocycles. The van der Waals surface area contributed by atoms with Crippen LogP contribution in [-0.2, 0) is 9.53 Å². The first kappa shape index (κ1) is 10.6. The summed E-state index contributed by atoms with van der Waals surface area (Å²) in [5, 5.41) is 7.32. The number of carbonyl (C=O) groups excluding carboxylic acids is 1. The molecule has 0 aliphatic carbocycles. The Morgan fingerprint density at radius 2 is 2.22 bits per heavy atom. The van der Waals surface area contributed by atoms with E-state index in [4.69, 9.17) is 5.26 Å². The second-order valence-electron chi connectivity index (χ2n) is 1.000. The zero-order valence-corrected chi connectivity index (χ0v) is 5.55. The molecule has 0 heterocycles. The maximum atomic E-state index is 9.75. The van der Waals surface area contributed by atoms with Crippen LogP contribution in [0.2, 0.25) is 0 Å². The van der Waals surface area contributed by atoms with E-state index in [1.165, 1.54) is 13.8 Å². The highest BCUT2D eigenvalue weighted by Gasteiger charge is 1.79. The lowest BCUT2D eigenvalue weighted by Gasteiger charge is -1.83. The smallest absolute Gasteiger partial charge is 0.307 e. The molecule has 0 atom stereocenters. The molecule has 50 valence electrons. The van der Waals surface area contributed by atoms with Gasteiger partial charge in [-0.15, -0.1) is 0 Å². The third-order valence-corrected chi connectivity index (χ3v) is 0.249. The van der Waals surface area contributed by atoms with Gasteiger partial charge in [0.15, 0.2) is 0 Å². The van der Waals surface area contributed by atoms with E-state index in [0.717, 1.165) is 6.26 Å². The van der Waals surface area contributed by atoms with E-state index in [-0.39, 0.29) is 5.97 Å². The largest absolute Gasteiger partial charge is 0.435 e. The van der Waals surface area contributed by atoms with Gasteiger partial charge in [-0.25, -0.2) is 0 Å². The molecule has 0 saturated carbocycles. The fraction of sp³-hybridized carbons (Fsp3) is 0.333. The van der Waals surface area contributed by atoms with Crippen molar-refractivity contribution >= 4 is 5.97 Å². The molecule has 0 amide bonds.